The molecule has 0 aromatic heterocycles. The fourth-order valence-electron chi connectivity index (χ4n) is 7.95. The Bertz CT molecular complexity index is 1740. The lowest BCUT2D eigenvalue weighted by molar-refractivity contribution is -0.947. The molecule has 1 saturated heterocycles. The number of hydrogen-bond donors (Lipinski definition) is 2. The van der Waals surface area contributed by atoms with Gasteiger partial charge in [0.1, 0.15) is 25.7 Å². The SMILES string of the molecule is COc1ccc(C[C@@H]2c3cc(CO)c(CO)cc3CC[N@@+]2(C)CCCOC(=O)/C=C\C(=O)OCCC[N+]2(Cc3ccc(C)cc3)CCOCC2)cc1OC. The normalized spacial score (nSPS) is 19.3. The molecule has 2 aliphatic heterocycles. The highest BCUT2D eigenvalue weighted by Gasteiger charge is 2.39. The molecule has 0 aliphatic carbocycles. The summed E-state index contributed by atoms with van der Waals surface area (Å²) in [5.74, 6) is 0.177. The van der Waals surface area contributed by atoms with Crippen LogP contribution in [0.4, 0.5) is 0 Å². The number of esters is 2. The summed E-state index contributed by atoms with van der Waals surface area (Å²) in [6.07, 6.45) is 5.14. The molecule has 11 nitrogen and oxygen atoms in total. The Hall–Kier alpha value is -4.26. The van der Waals surface area contributed by atoms with Crippen molar-refractivity contribution in [3.8, 4) is 11.5 Å². The van der Waals surface area contributed by atoms with Crippen LogP contribution >= 0.6 is 0 Å². The number of rotatable bonds is 18. The lowest BCUT2D eigenvalue weighted by Gasteiger charge is -2.46. The van der Waals surface area contributed by atoms with Crippen LogP contribution in [-0.2, 0) is 56.4 Å². The first kappa shape index (κ1) is 40.9. The van der Waals surface area contributed by atoms with Crippen molar-refractivity contribution in [1.82, 2.24) is 0 Å². The van der Waals surface area contributed by atoms with Crippen LogP contribution in [-0.4, -0.2) is 112 Å². The van der Waals surface area contributed by atoms with Gasteiger partial charge in [0, 0.05) is 49.0 Å². The van der Waals surface area contributed by atoms with Gasteiger partial charge >= 0.3 is 11.9 Å². The lowest BCUT2D eigenvalue weighted by Crippen LogP contribution is -2.55. The molecule has 292 valence electrons. The number of aliphatic hydroxyl groups excluding tert-OH is 2. The second-order valence-corrected chi connectivity index (χ2v) is 14.9. The standard InChI is InChI=1S/C43H58N2O9/c1-32-7-9-33(10-8-32)29-45(19-23-52-24-20-45)17-6-22-54-43(49)14-13-42(48)53-21-5-16-44(2)18-15-35-27-36(30-46)37(31-47)28-38(35)39(44)25-34-11-12-40(50-3)41(26-34)51-4/h7-14,26-28,39,46-47H,5-6,15-25,29-31H2,1-4H3/q+2/b14-13-/t39-,44-/m1/s1. The molecule has 2 N–H and O–H groups in total. The average molecular weight is 747 g/mol. The van der Waals surface area contributed by atoms with Crippen LogP contribution in [0.5, 0.6) is 11.5 Å². The van der Waals surface area contributed by atoms with Crippen LogP contribution in [0.25, 0.3) is 0 Å². The van der Waals surface area contributed by atoms with E-state index in [-0.39, 0.29) is 32.5 Å². The van der Waals surface area contributed by atoms with E-state index in [9.17, 15) is 19.8 Å². The first-order valence-corrected chi connectivity index (χ1v) is 19.0. The molecule has 2 aliphatic rings. The van der Waals surface area contributed by atoms with Crippen molar-refractivity contribution >= 4 is 11.9 Å². The number of hydrogen-bond acceptors (Lipinski definition) is 9. The van der Waals surface area contributed by atoms with E-state index < -0.39 is 11.9 Å². The van der Waals surface area contributed by atoms with Gasteiger partial charge < -0.3 is 42.9 Å². The summed E-state index contributed by atoms with van der Waals surface area (Å²) in [5.41, 5.74) is 7.40. The minimum Gasteiger partial charge on any atom is -0.493 e. The van der Waals surface area contributed by atoms with E-state index in [0.29, 0.717) is 35.2 Å². The molecule has 3 aromatic rings. The molecular weight excluding hydrogens is 688 g/mol. The molecule has 0 saturated carbocycles. The number of fused-ring (bicyclic) bond motifs is 1. The van der Waals surface area contributed by atoms with E-state index >= 15 is 0 Å². The highest BCUT2D eigenvalue weighted by atomic mass is 16.5. The molecule has 5 rings (SSSR count). The Morgan fingerprint density at radius 3 is 2.04 bits per heavy atom. The molecule has 0 bridgehead atoms. The summed E-state index contributed by atoms with van der Waals surface area (Å²) in [7, 11) is 5.46. The fourth-order valence-corrected chi connectivity index (χ4v) is 7.95. The third kappa shape index (κ3) is 10.7. The first-order valence-electron chi connectivity index (χ1n) is 19.0. The summed E-state index contributed by atoms with van der Waals surface area (Å²) in [5, 5.41) is 20.1. The third-order valence-corrected chi connectivity index (χ3v) is 11.2. The van der Waals surface area contributed by atoms with E-state index in [0.717, 1.165) is 97.8 Å². The van der Waals surface area contributed by atoms with Crippen molar-refractivity contribution in [2.45, 2.75) is 58.4 Å². The van der Waals surface area contributed by atoms with Crippen LogP contribution in [0.1, 0.15) is 57.8 Å². The fraction of sp³-hybridized carbons (Fsp3) is 0.488. The number of morpholine rings is 1. The summed E-state index contributed by atoms with van der Waals surface area (Å²) < 4.78 is 29.2. The molecule has 1 fully saturated rings. The summed E-state index contributed by atoms with van der Waals surface area (Å²) in [4.78, 5) is 25.0. The number of aryl methyl sites for hydroxylation is 1. The average Bonchev–Trinajstić information content (AvgIpc) is 3.19. The Labute approximate surface area is 319 Å². The van der Waals surface area contributed by atoms with Gasteiger partial charge in [0.15, 0.2) is 11.5 Å². The van der Waals surface area contributed by atoms with E-state index in [1.807, 2.05) is 30.3 Å². The second-order valence-electron chi connectivity index (χ2n) is 14.9. The summed E-state index contributed by atoms with van der Waals surface area (Å²) in [6, 6.07) is 18.7. The van der Waals surface area contributed by atoms with Crippen molar-refractivity contribution in [2.75, 3.05) is 80.4 Å². The number of ether oxygens (including phenoxy) is 5. The molecule has 2 atom stereocenters. The number of methoxy groups -OCH3 is 2. The van der Waals surface area contributed by atoms with Gasteiger partial charge in [-0.15, -0.1) is 0 Å². The monoisotopic (exact) mass is 746 g/mol. The van der Waals surface area contributed by atoms with E-state index in [1.165, 1.54) is 16.7 Å². The van der Waals surface area contributed by atoms with Gasteiger partial charge in [-0.3, -0.25) is 0 Å². The van der Waals surface area contributed by atoms with Crippen molar-refractivity contribution in [1.29, 1.82) is 0 Å². The van der Waals surface area contributed by atoms with Gasteiger partial charge in [0.25, 0.3) is 0 Å². The molecule has 0 unspecified atom stereocenters. The predicted octanol–water partition coefficient (Wildman–Crippen LogP) is 4.75. The number of carbonyl (C=O) groups excluding carboxylic acids is 2. The zero-order valence-corrected chi connectivity index (χ0v) is 32.4. The number of aliphatic hydroxyl groups is 2. The Morgan fingerprint density at radius 2 is 1.41 bits per heavy atom. The molecule has 11 heteroatoms. The first-order chi connectivity index (χ1) is 26.1. The number of carbonyl (C=O) groups is 2. The Morgan fingerprint density at radius 1 is 0.796 bits per heavy atom. The maximum absolute atomic E-state index is 12.6. The third-order valence-electron chi connectivity index (χ3n) is 11.2. The van der Waals surface area contributed by atoms with Crippen LogP contribution < -0.4 is 9.47 Å². The van der Waals surface area contributed by atoms with Crippen molar-refractivity contribution in [3.63, 3.8) is 0 Å². The van der Waals surface area contributed by atoms with Crippen LogP contribution in [0.3, 0.4) is 0 Å². The van der Waals surface area contributed by atoms with E-state index in [4.69, 9.17) is 23.7 Å². The topological polar surface area (TPSA) is 121 Å². The van der Waals surface area contributed by atoms with Crippen molar-refractivity contribution in [3.05, 3.63) is 106 Å². The van der Waals surface area contributed by atoms with Gasteiger partial charge in [0.2, 0.25) is 0 Å². The molecule has 54 heavy (non-hydrogen) atoms. The molecule has 3 aromatic carbocycles. The molecule has 0 amide bonds. The van der Waals surface area contributed by atoms with Gasteiger partial charge in [-0.2, -0.15) is 0 Å². The minimum atomic E-state index is -0.583. The van der Waals surface area contributed by atoms with Crippen molar-refractivity contribution in [2.24, 2.45) is 0 Å². The van der Waals surface area contributed by atoms with E-state index in [1.54, 1.807) is 14.2 Å². The minimum absolute atomic E-state index is 0.0398. The molecular formula is C43H58N2O9+2. The predicted molar refractivity (Wildman–Crippen MR) is 205 cm³/mol. The Kier molecular flexibility index (Phi) is 14.7. The number of nitrogens with zero attached hydrogens (tertiary/aromatic N) is 2. The highest BCUT2D eigenvalue weighted by molar-refractivity contribution is 5.91. The second kappa shape index (κ2) is 19.4. The van der Waals surface area contributed by atoms with Gasteiger partial charge in [-0.05, 0) is 47.4 Å². The molecule has 2 heterocycles. The van der Waals surface area contributed by atoms with Gasteiger partial charge in [0.05, 0.1) is 80.5 Å². The number of quaternary nitrogens is 2. The number of likely N-dealkylation sites (N-methyl/N-ethyl adjacent to an activating group) is 1. The van der Waals surface area contributed by atoms with E-state index in [2.05, 4.69) is 38.2 Å². The largest absolute Gasteiger partial charge is 0.493 e. The summed E-state index contributed by atoms with van der Waals surface area (Å²) in [6.45, 7) is 8.97. The lowest BCUT2D eigenvalue weighted by atomic mass is 9.84. The maximum atomic E-state index is 12.6. The Balaban J connectivity index is 1.12. The highest BCUT2D eigenvalue weighted by Crippen LogP contribution is 2.40. The van der Waals surface area contributed by atoms with Crippen LogP contribution in [0.15, 0.2) is 66.7 Å². The molecule has 0 radical (unpaired) electrons. The zero-order chi connectivity index (χ0) is 38.6. The van der Waals surface area contributed by atoms with Crippen molar-refractivity contribution < 1.29 is 52.5 Å². The van der Waals surface area contributed by atoms with Crippen LogP contribution in [0.2, 0.25) is 0 Å². The van der Waals surface area contributed by atoms with Crippen LogP contribution in [0, 0.1) is 6.92 Å². The molecule has 0 spiro atoms. The smallest absolute Gasteiger partial charge is 0.331 e. The quantitative estimate of drug-likeness (QED) is 0.0823. The maximum Gasteiger partial charge on any atom is 0.331 e. The summed E-state index contributed by atoms with van der Waals surface area (Å²) >= 11 is 0. The number of benzene rings is 3. The zero-order valence-electron chi connectivity index (χ0n) is 32.4. The van der Waals surface area contributed by atoms with Gasteiger partial charge in [-0.1, -0.05) is 42.0 Å². The van der Waals surface area contributed by atoms with Gasteiger partial charge in [-0.25, -0.2) is 9.59 Å².